The van der Waals surface area contributed by atoms with Crippen molar-refractivity contribution >= 4 is 16.7 Å². The molecule has 0 fully saturated rings. The molecular formula is C27H22N4O3. The molecule has 2 aromatic heterocycles. The zero-order valence-electron chi connectivity index (χ0n) is 18.3. The molecule has 1 aliphatic heterocycles. The second-order valence-electron chi connectivity index (χ2n) is 8.33. The van der Waals surface area contributed by atoms with Crippen molar-refractivity contribution in [1.29, 1.82) is 0 Å². The quantitative estimate of drug-likeness (QED) is 0.415. The smallest absolute Gasteiger partial charge is 0.265 e. The lowest BCUT2D eigenvalue weighted by atomic mass is 10.0. The number of primary amides is 1. The molecule has 0 atom stereocenters. The number of rotatable bonds is 6. The van der Waals surface area contributed by atoms with Crippen LogP contribution in [0.25, 0.3) is 21.9 Å². The zero-order chi connectivity index (χ0) is 23.1. The topological polar surface area (TPSA) is 84.3 Å². The average Bonchev–Trinajstić information content (AvgIpc) is 3.59. The summed E-state index contributed by atoms with van der Waals surface area (Å²) in [4.78, 5) is 16.6. The second kappa shape index (κ2) is 8.12. The van der Waals surface area contributed by atoms with E-state index >= 15 is 0 Å². The number of fused-ring (bicyclic) bond motifs is 2. The van der Waals surface area contributed by atoms with Crippen LogP contribution in [0.3, 0.4) is 0 Å². The van der Waals surface area contributed by atoms with E-state index in [2.05, 4.69) is 33.8 Å². The summed E-state index contributed by atoms with van der Waals surface area (Å²) < 4.78 is 14.9. The van der Waals surface area contributed by atoms with Crippen molar-refractivity contribution in [3.8, 4) is 22.6 Å². The number of aromatic nitrogens is 3. The lowest BCUT2D eigenvalue weighted by Crippen LogP contribution is -2.18. The van der Waals surface area contributed by atoms with E-state index in [0.29, 0.717) is 18.8 Å². The Morgan fingerprint density at radius 2 is 1.79 bits per heavy atom. The molecule has 0 spiro atoms. The predicted molar refractivity (Wildman–Crippen MR) is 129 cm³/mol. The highest BCUT2D eigenvalue weighted by Crippen LogP contribution is 2.33. The van der Waals surface area contributed by atoms with Gasteiger partial charge in [-0.05, 0) is 40.1 Å². The maximum atomic E-state index is 12.3. The summed E-state index contributed by atoms with van der Waals surface area (Å²) in [6.07, 6.45) is 5.59. The van der Waals surface area contributed by atoms with Gasteiger partial charge in [-0.15, -0.1) is 0 Å². The van der Waals surface area contributed by atoms with Gasteiger partial charge in [-0.3, -0.25) is 4.79 Å². The minimum atomic E-state index is -0.465. The first kappa shape index (κ1) is 20.1. The minimum Gasteiger partial charge on any atom is -0.454 e. The number of carbonyl (C=O) groups is 1. The molecule has 1 aliphatic rings. The summed E-state index contributed by atoms with van der Waals surface area (Å²) in [6.45, 7) is 1.33. The number of nitrogens with two attached hydrogens (primary N) is 1. The highest BCUT2D eigenvalue weighted by molar-refractivity contribution is 5.99. The van der Waals surface area contributed by atoms with E-state index in [1.54, 1.807) is 6.33 Å². The van der Waals surface area contributed by atoms with Gasteiger partial charge in [-0.25, -0.2) is 4.98 Å². The molecule has 0 saturated heterocycles. The van der Waals surface area contributed by atoms with E-state index in [1.165, 1.54) is 0 Å². The molecule has 7 heteroatoms. The Morgan fingerprint density at radius 1 is 0.941 bits per heavy atom. The van der Waals surface area contributed by atoms with Crippen LogP contribution >= 0.6 is 0 Å². The summed E-state index contributed by atoms with van der Waals surface area (Å²) in [5.41, 5.74) is 10.3. The largest absolute Gasteiger partial charge is 0.454 e. The SMILES string of the molecule is NC(=O)c1cc(-c2cccc3ccccc23)cn1Cc1cncn1Cc1ccc2c(c1)OCO2. The van der Waals surface area contributed by atoms with Crippen LogP contribution in [0.1, 0.15) is 21.7 Å². The molecule has 3 aromatic carbocycles. The summed E-state index contributed by atoms with van der Waals surface area (Å²) in [7, 11) is 0. The lowest BCUT2D eigenvalue weighted by Gasteiger charge is -2.11. The fraction of sp³-hybridized carbons (Fsp3) is 0.111. The van der Waals surface area contributed by atoms with Crippen molar-refractivity contribution < 1.29 is 14.3 Å². The molecule has 5 aromatic rings. The van der Waals surface area contributed by atoms with Gasteiger partial charge in [0.25, 0.3) is 5.91 Å². The Labute approximate surface area is 196 Å². The number of benzene rings is 3. The van der Waals surface area contributed by atoms with Crippen molar-refractivity contribution in [1.82, 2.24) is 14.1 Å². The third kappa shape index (κ3) is 3.57. The normalized spacial score (nSPS) is 12.4. The van der Waals surface area contributed by atoms with Crippen LogP contribution in [0.15, 0.2) is 85.5 Å². The highest BCUT2D eigenvalue weighted by Gasteiger charge is 2.17. The monoisotopic (exact) mass is 450 g/mol. The van der Waals surface area contributed by atoms with Gasteiger partial charge >= 0.3 is 0 Å². The van der Waals surface area contributed by atoms with Crippen molar-refractivity contribution in [2.24, 2.45) is 5.73 Å². The molecule has 0 saturated carbocycles. The van der Waals surface area contributed by atoms with Crippen LogP contribution in [0.5, 0.6) is 11.5 Å². The molecule has 2 N–H and O–H groups in total. The summed E-state index contributed by atoms with van der Waals surface area (Å²) in [5.74, 6) is 1.04. The first-order valence-electron chi connectivity index (χ1n) is 11.0. The Kier molecular flexibility index (Phi) is 4.80. The van der Waals surface area contributed by atoms with Gasteiger partial charge in [0.2, 0.25) is 6.79 Å². The zero-order valence-corrected chi connectivity index (χ0v) is 18.3. The number of carbonyl (C=O) groups excluding carboxylic acids is 1. The molecule has 0 radical (unpaired) electrons. The average molecular weight is 450 g/mol. The van der Waals surface area contributed by atoms with E-state index in [1.807, 2.05) is 59.4 Å². The number of amides is 1. The Bertz CT molecular complexity index is 1530. The van der Waals surface area contributed by atoms with E-state index in [4.69, 9.17) is 15.2 Å². The standard InChI is InChI=1S/C27H22N4O3/c28-27(32)24-11-20(23-7-3-5-19-4-1-2-6-22(19)23)14-30(24)15-21-12-29-16-31(21)13-18-8-9-25-26(10-18)34-17-33-25/h1-12,14,16H,13,15,17H2,(H2,28,32). The van der Waals surface area contributed by atoms with E-state index in [-0.39, 0.29) is 6.79 Å². The Hall–Kier alpha value is -4.52. The fourth-order valence-electron chi connectivity index (χ4n) is 4.51. The van der Waals surface area contributed by atoms with Gasteiger partial charge < -0.3 is 24.3 Å². The first-order chi connectivity index (χ1) is 16.7. The number of hydrogen-bond acceptors (Lipinski definition) is 4. The summed E-state index contributed by atoms with van der Waals surface area (Å²) in [6, 6.07) is 22.2. The van der Waals surface area contributed by atoms with Gasteiger partial charge in [0.1, 0.15) is 5.69 Å². The van der Waals surface area contributed by atoms with E-state index in [9.17, 15) is 4.79 Å². The van der Waals surface area contributed by atoms with Crippen LogP contribution in [0.4, 0.5) is 0 Å². The minimum absolute atomic E-state index is 0.248. The van der Waals surface area contributed by atoms with Gasteiger partial charge in [-0.2, -0.15) is 0 Å². The fourth-order valence-corrected chi connectivity index (χ4v) is 4.51. The Morgan fingerprint density at radius 3 is 2.71 bits per heavy atom. The molecule has 34 heavy (non-hydrogen) atoms. The third-order valence-electron chi connectivity index (χ3n) is 6.17. The van der Waals surface area contributed by atoms with Crippen LogP contribution in [-0.2, 0) is 13.1 Å². The number of hydrogen-bond donors (Lipinski definition) is 1. The Balaban J connectivity index is 1.33. The molecular weight excluding hydrogens is 428 g/mol. The summed E-state index contributed by atoms with van der Waals surface area (Å²) in [5, 5.41) is 2.28. The molecule has 168 valence electrons. The number of ether oxygens (including phenoxy) is 2. The van der Waals surface area contributed by atoms with Crippen molar-refractivity contribution in [2.45, 2.75) is 13.1 Å². The maximum absolute atomic E-state index is 12.3. The van der Waals surface area contributed by atoms with E-state index in [0.717, 1.165) is 44.7 Å². The predicted octanol–water partition coefficient (Wildman–Crippen LogP) is 4.43. The van der Waals surface area contributed by atoms with Gasteiger partial charge in [0, 0.05) is 24.5 Å². The van der Waals surface area contributed by atoms with Crippen molar-refractivity contribution in [3.05, 3.63) is 102 Å². The summed E-state index contributed by atoms with van der Waals surface area (Å²) >= 11 is 0. The molecule has 0 bridgehead atoms. The van der Waals surface area contributed by atoms with Crippen LogP contribution in [0, 0.1) is 0 Å². The third-order valence-corrected chi connectivity index (χ3v) is 6.17. The number of nitrogens with zero attached hydrogens (tertiary/aromatic N) is 3. The van der Waals surface area contributed by atoms with Gasteiger partial charge in [-0.1, -0.05) is 48.5 Å². The second-order valence-corrected chi connectivity index (χ2v) is 8.33. The molecule has 7 nitrogen and oxygen atoms in total. The molecule has 3 heterocycles. The van der Waals surface area contributed by atoms with Crippen molar-refractivity contribution in [2.75, 3.05) is 6.79 Å². The van der Waals surface area contributed by atoms with Gasteiger partial charge in [0.15, 0.2) is 11.5 Å². The maximum Gasteiger partial charge on any atom is 0.265 e. The van der Waals surface area contributed by atoms with E-state index < -0.39 is 5.91 Å². The molecule has 0 aliphatic carbocycles. The van der Waals surface area contributed by atoms with Crippen LogP contribution in [-0.4, -0.2) is 26.8 Å². The van der Waals surface area contributed by atoms with Crippen LogP contribution < -0.4 is 15.2 Å². The molecule has 0 unspecified atom stereocenters. The number of imidazole rings is 1. The first-order valence-corrected chi connectivity index (χ1v) is 11.0. The van der Waals surface area contributed by atoms with Gasteiger partial charge in [0.05, 0.1) is 18.6 Å². The lowest BCUT2D eigenvalue weighted by molar-refractivity contribution is 0.0992. The van der Waals surface area contributed by atoms with Crippen LogP contribution in [0.2, 0.25) is 0 Å². The van der Waals surface area contributed by atoms with Crippen molar-refractivity contribution in [3.63, 3.8) is 0 Å². The highest BCUT2D eigenvalue weighted by atomic mass is 16.7. The molecule has 1 amide bonds. The molecule has 6 rings (SSSR count).